The normalized spacial score (nSPS) is 12.1. The summed E-state index contributed by atoms with van der Waals surface area (Å²) in [5, 5.41) is 0.596. The quantitative estimate of drug-likeness (QED) is 0.651. The summed E-state index contributed by atoms with van der Waals surface area (Å²) in [6.07, 6.45) is 0.266. The summed E-state index contributed by atoms with van der Waals surface area (Å²) in [5.41, 5.74) is 1.91. The maximum atomic E-state index is 12.3. The van der Waals surface area contributed by atoms with Gasteiger partial charge in [-0.15, -0.1) is 11.3 Å². The van der Waals surface area contributed by atoms with Crippen LogP contribution in [0.4, 0.5) is 0 Å². The fourth-order valence-corrected chi connectivity index (χ4v) is 3.75. The number of benzene rings is 1. The van der Waals surface area contributed by atoms with Gasteiger partial charge in [-0.3, -0.25) is 4.79 Å². The van der Waals surface area contributed by atoms with Crippen LogP contribution in [0.2, 0.25) is 0 Å². The second-order valence-corrected chi connectivity index (χ2v) is 7.54. The van der Waals surface area contributed by atoms with E-state index in [0.717, 1.165) is 16.9 Å². The van der Waals surface area contributed by atoms with Gasteiger partial charge in [-0.1, -0.05) is 19.1 Å². The molecule has 27 heavy (non-hydrogen) atoms. The van der Waals surface area contributed by atoms with Crippen LogP contribution in [0.3, 0.4) is 0 Å². The molecule has 142 valence electrons. The van der Waals surface area contributed by atoms with Crippen molar-refractivity contribution in [2.75, 3.05) is 6.61 Å². The summed E-state index contributed by atoms with van der Waals surface area (Å²) in [6.45, 7) is 7.39. The number of hydrogen-bond acceptors (Lipinski definition) is 6. The first-order valence-corrected chi connectivity index (χ1v) is 9.61. The van der Waals surface area contributed by atoms with E-state index in [-0.39, 0.29) is 12.2 Å². The maximum absolute atomic E-state index is 12.3. The lowest BCUT2D eigenvalue weighted by Gasteiger charge is -2.13. The number of fused-ring (bicyclic) bond motifs is 1. The van der Waals surface area contributed by atoms with Crippen LogP contribution in [-0.2, 0) is 16.0 Å². The van der Waals surface area contributed by atoms with Crippen LogP contribution in [0.15, 0.2) is 29.1 Å². The molecule has 3 rings (SSSR count). The number of thiophene rings is 1. The van der Waals surface area contributed by atoms with Crippen molar-refractivity contribution in [3.63, 3.8) is 0 Å². The lowest BCUT2D eigenvalue weighted by Crippen LogP contribution is -2.20. The van der Waals surface area contributed by atoms with Crippen LogP contribution in [-0.4, -0.2) is 22.5 Å². The van der Waals surface area contributed by atoms with Gasteiger partial charge >= 0.3 is 5.97 Å². The molecule has 1 N–H and O–H groups in total. The van der Waals surface area contributed by atoms with Crippen LogP contribution in [0.25, 0.3) is 10.2 Å². The first-order valence-electron chi connectivity index (χ1n) is 8.80. The van der Waals surface area contributed by atoms with Crippen molar-refractivity contribution in [2.24, 2.45) is 0 Å². The van der Waals surface area contributed by atoms with E-state index in [2.05, 4.69) is 16.9 Å². The molecule has 0 spiro atoms. The zero-order chi connectivity index (χ0) is 19.6. The van der Waals surface area contributed by atoms with Gasteiger partial charge in [0, 0.05) is 4.88 Å². The molecule has 0 saturated carbocycles. The Hall–Kier alpha value is -2.67. The summed E-state index contributed by atoms with van der Waals surface area (Å²) in [6, 6.07) is 7.56. The Morgan fingerprint density at radius 1 is 1.26 bits per heavy atom. The van der Waals surface area contributed by atoms with Gasteiger partial charge in [-0.05, 0) is 50.5 Å². The molecule has 1 atom stereocenters. The standard InChI is InChI=1S/C20H22N2O4S/c1-5-14-6-8-15(9-7-14)25-10-16(23)26-12(3)18-21-19(24)17-11(2)13(4)27-20(17)22-18/h6-9,12H,5,10H2,1-4H3,(H,21,22,24)/t12-/m1/s1. The van der Waals surface area contributed by atoms with Crippen molar-refractivity contribution in [3.05, 3.63) is 56.4 Å². The second-order valence-electron chi connectivity index (χ2n) is 6.33. The Labute approximate surface area is 161 Å². The van der Waals surface area contributed by atoms with E-state index in [9.17, 15) is 9.59 Å². The first kappa shape index (κ1) is 19.1. The van der Waals surface area contributed by atoms with Crippen molar-refractivity contribution in [2.45, 2.75) is 40.2 Å². The van der Waals surface area contributed by atoms with Gasteiger partial charge in [0.2, 0.25) is 0 Å². The number of carbonyl (C=O) groups excluding carboxylic acids is 1. The SMILES string of the molecule is CCc1ccc(OCC(=O)O[C@H](C)c2nc3sc(C)c(C)c3c(=O)[nH]2)cc1. The van der Waals surface area contributed by atoms with E-state index in [1.807, 2.05) is 38.1 Å². The minimum atomic E-state index is -0.677. The van der Waals surface area contributed by atoms with Crippen LogP contribution >= 0.6 is 11.3 Å². The molecule has 0 bridgehead atoms. The Kier molecular flexibility index (Phi) is 5.60. The van der Waals surface area contributed by atoms with Crippen LogP contribution < -0.4 is 10.3 Å². The molecule has 0 aliphatic rings. The number of carbonyl (C=O) groups is 1. The van der Waals surface area contributed by atoms with E-state index in [1.165, 1.54) is 16.9 Å². The summed E-state index contributed by atoms with van der Waals surface area (Å²) in [5.74, 6) is 0.409. The Morgan fingerprint density at radius 2 is 1.96 bits per heavy atom. The zero-order valence-electron chi connectivity index (χ0n) is 15.8. The Bertz CT molecular complexity index is 1020. The lowest BCUT2D eigenvalue weighted by molar-refractivity contribution is -0.151. The number of aromatic nitrogens is 2. The molecule has 6 nitrogen and oxygen atoms in total. The number of nitrogens with zero attached hydrogens (tertiary/aromatic N) is 1. The maximum Gasteiger partial charge on any atom is 0.344 e. The largest absolute Gasteiger partial charge is 0.482 e. The van der Waals surface area contributed by atoms with Gasteiger partial charge in [0.15, 0.2) is 18.5 Å². The monoisotopic (exact) mass is 386 g/mol. The average Bonchev–Trinajstić information content (AvgIpc) is 2.94. The third-order valence-corrected chi connectivity index (χ3v) is 5.54. The first-order chi connectivity index (χ1) is 12.9. The Morgan fingerprint density at radius 3 is 2.63 bits per heavy atom. The van der Waals surface area contributed by atoms with Crippen LogP contribution in [0, 0.1) is 13.8 Å². The fourth-order valence-electron chi connectivity index (χ4n) is 2.71. The lowest BCUT2D eigenvalue weighted by atomic mass is 10.2. The molecule has 0 amide bonds. The average molecular weight is 386 g/mol. The molecule has 2 heterocycles. The van der Waals surface area contributed by atoms with Crippen molar-refractivity contribution < 1.29 is 14.3 Å². The highest BCUT2D eigenvalue weighted by atomic mass is 32.1. The number of H-pyrrole nitrogens is 1. The number of esters is 1. The molecule has 0 unspecified atom stereocenters. The topological polar surface area (TPSA) is 81.3 Å². The van der Waals surface area contributed by atoms with Crippen molar-refractivity contribution in [1.82, 2.24) is 9.97 Å². The van der Waals surface area contributed by atoms with Crippen LogP contribution in [0.1, 0.15) is 41.8 Å². The highest BCUT2D eigenvalue weighted by Crippen LogP contribution is 2.26. The third kappa shape index (κ3) is 4.19. The molecular formula is C20H22N2O4S. The molecule has 1 aromatic carbocycles. The van der Waals surface area contributed by atoms with Gasteiger partial charge in [-0.25, -0.2) is 9.78 Å². The van der Waals surface area contributed by atoms with E-state index < -0.39 is 12.1 Å². The molecule has 0 radical (unpaired) electrons. The molecule has 0 aliphatic heterocycles. The summed E-state index contributed by atoms with van der Waals surface area (Å²) in [4.78, 5) is 33.3. The number of nitrogens with one attached hydrogen (secondary N) is 1. The molecular weight excluding hydrogens is 364 g/mol. The predicted molar refractivity (Wildman–Crippen MR) is 106 cm³/mol. The van der Waals surface area contributed by atoms with Gasteiger partial charge in [-0.2, -0.15) is 0 Å². The van der Waals surface area contributed by atoms with Gasteiger partial charge in [0.05, 0.1) is 5.39 Å². The minimum absolute atomic E-state index is 0.209. The number of aryl methyl sites for hydroxylation is 3. The van der Waals surface area contributed by atoms with E-state index >= 15 is 0 Å². The fraction of sp³-hybridized carbons (Fsp3) is 0.350. The molecule has 0 saturated heterocycles. The number of rotatable bonds is 6. The van der Waals surface area contributed by atoms with E-state index in [4.69, 9.17) is 9.47 Å². The highest BCUT2D eigenvalue weighted by Gasteiger charge is 2.18. The second kappa shape index (κ2) is 7.92. The van der Waals surface area contributed by atoms with Crippen molar-refractivity contribution >= 4 is 27.5 Å². The summed E-state index contributed by atoms with van der Waals surface area (Å²) >= 11 is 1.46. The summed E-state index contributed by atoms with van der Waals surface area (Å²) in [7, 11) is 0. The summed E-state index contributed by atoms with van der Waals surface area (Å²) < 4.78 is 10.8. The molecule has 0 aliphatic carbocycles. The van der Waals surface area contributed by atoms with E-state index in [0.29, 0.717) is 21.8 Å². The zero-order valence-corrected chi connectivity index (χ0v) is 16.6. The predicted octanol–water partition coefficient (Wildman–Crippen LogP) is 3.85. The number of aromatic amines is 1. The third-order valence-electron chi connectivity index (χ3n) is 4.44. The van der Waals surface area contributed by atoms with Gasteiger partial charge in [0.1, 0.15) is 10.6 Å². The minimum Gasteiger partial charge on any atom is -0.482 e. The highest BCUT2D eigenvalue weighted by molar-refractivity contribution is 7.18. The molecule has 0 fully saturated rings. The Balaban J connectivity index is 1.65. The van der Waals surface area contributed by atoms with Crippen molar-refractivity contribution in [3.8, 4) is 5.75 Å². The van der Waals surface area contributed by atoms with Gasteiger partial charge < -0.3 is 14.5 Å². The van der Waals surface area contributed by atoms with Crippen LogP contribution in [0.5, 0.6) is 5.75 Å². The van der Waals surface area contributed by atoms with Crippen molar-refractivity contribution in [1.29, 1.82) is 0 Å². The number of ether oxygens (including phenoxy) is 2. The molecule has 7 heteroatoms. The van der Waals surface area contributed by atoms with Gasteiger partial charge in [0.25, 0.3) is 5.56 Å². The van der Waals surface area contributed by atoms with E-state index in [1.54, 1.807) is 6.92 Å². The smallest absolute Gasteiger partial charge is 0.344 e. The number of hydrogen-bond donors (Lipinski definition) is 1. The molecule has 3 aromatic rings. The molecule has 2 aromatic heterocycles.